The first-order valence-corrected chi connectivity index (χ1v) is 9.65. The lowest BCUT2D eigenvalue weighted by Crippen LogP contribution is -2.40. The fourth-order valence-corrected chi connectivity index (χ4v) is 3.91. The number of ether oxygens (including phenoxy) is 3. The van der Waals surface area contributed by atoms with Gasteiger partial charge in [-0.3, -0.25) is 0 Å². The first-order valence-electron chi connectivity index (χ1n) is 7.78. The largest absolute Gasteiger partial charge is 0.497 e. The molecule has 2 aromatic carbocycles. The molecule has 0 aliphatic rings. The van der Waals surface area contributed by atoms with Crippen molar-refractivity contribution in [1.82, 2.24) is 4.72 Å². The maximum Gasteiger partial charge on any atom is 0.244 e. The van der Waals surface area contributed by atoms with E-state index in [1.54, 1.807) is 37.3 Å². The Labute approximate surface area is 159 Å². The molecule has 2 rings (SSSR count). The third kappa shape index (κ3) is 4.48. The van der Waals surface area contributed by atoms with Gasteiger partial charge in [0, 0.05) is 24.7 Å². The third-order valence-corrected chi connectivity index (χ3v) is 5.80. The number of sulfonamides is 1. The van der Waals surface area contributed by atoms with Crippen LogP contribution in [0.15, 0.2) is 47.4 Å². The predicted molar refractivity (Wildman–Crippen MR) is 101 cm³/mol. The number of rotatable bonds is 8. The molecule has 8 heteroatoms. The van der Waals surface area contributed by atoms with Crippen LogP contribution in [0, 0.1) is 0 Å². The molecule has 0 fully saturated rings. The van der Waals surface area contributed by atoms with E-state index in [1.807, 2.05) is 6.07 Å². The molecular weight excluding hydrogens is 378 g/mol. The van der Waals surface area contributed by atoms with Gasteiger partial charge in [-0.15, -0.1) is 0 Å². The molecule has 0 unspecified atom stereocenters. The average molecular weight is 400 g/mol. The van der Waals surface area contributed by atoms with Crippen LogP contribution < -0.4 is 14.2 Å². The fraction of sp³-hybridized carbons (Fsp3) is 0.333. The molecule has 0 saturated heterocycles. The molecule has 0 radical (unpaired) electrons. The van der Waals surface area contributed by atoms with Crippen molar-refractivity contribution < 1.29 is 22.6 Å². The Morgan fingerprint density at radius 2 is 1.81 bits per heavy atom. The van der Waals surface area contributed by atoms with Crippen molar-refractivity contribution >= 4 is 21.6 Å². The van der Waals surface area contributed by atoms with Crippen molar-refractivity contribution in [3.05, 3.63) is 53.1 Å². The zero-order valence-corrected chi connectivity index (χ0v) is 16.6. The van der Waals surface area contributed by atoms with Crippen LogP contribution in [0.2, 0.25) is 5.02 Å². The second-order valence-corrected chi connectivity index (χ2v) is 7.96. The molecule has 0 saturated carbocycles. The van der Waals surface area contributed by atoms with Crippen molar-refractivity contribution in [2.45, 2.75) is 17.4 Å². The molecule has 0 spiro atoms. The van der Waals surface area contributed by atoms with Crippen molar-refractivity contribution in [3.8, 4) is 11.5 Å². The zero-order valence-electron chi connectivity index (χ0n) is 15.1. The van der Waals surface area contributed by atoms with Gasteiger partial charge in [0.2, 0.25) is 10.0 Å². The SMILES string of the molecule is COc1ccc(OC)c(S(=O)(=O)NC[C@](C)(OC)c2cccc(Cl)c2)c1. The smallest absolute Gasteiger partial charge is 0.244 e. The van der Waals surface area contributed by atoms with Crippen LogP contribution in [-0.4, -0.2) is 36.3 Å². The van der Waals surface area contributed by atoms with E-state index in [-0.39, 0.29) is 17.2 Å². The second kappa shape index (κ2) is 8.26. The fourth-order valence-electron chi connectivity index (χ4n) is 2.41. The highest BCUT2D eigenvalue weighted by Gasteiger charge is 2.30. The molecule has 0 aliphatic heterocycles. The third-order valence-electron chi connectivity index (χ3n) is 4.15. The number of hydrogen-bond acceptors (Lipinski definition) is 5. The van der Waals surface area contributed by atoms with Gasteiger partial charge in [0.25, 0.3) is 0 Å². The Bertz CT molecular complexity index is 872. The van der Waals surface area contributed by atoms with E-state index >= 15 is 0 Å². The summed E-state index contributed by atoms with van der Waals surface area (Å²) in [6.45, 7) is 1.79. The van der Waals surface area contributed by atoms with Crippen LogP contribution in [0.4, 0.5) is 0 Å². The summed E-state index contributed by atoms with van der Waals surface area (Å²) in [4.78, 5) is -0.0103. The Hall–Kier alpha value is -1.80. The maximum atomic E-state index is 12.8. The molecule has 1 N–H and O–H groups in total. The predicted octanol–water partition coefficient (Wildman–Crippen LogP) is 3.20. The summed E-state index contributed by atoms with van der Waals surface area (Å²) in [5.74, 6) is 0.635. The Kier molecular flexibility index (Phi) is 6.52. The molecule has 2 aromatic rings. The Morgan fingerprint density at radius 3 is 2.38 bits per heavy atom. The van der Waals surface area contributed by atoms with Crippen molar-refractivity contribution in [1.29, 1.82) is 0 Å². The van der Waals surface area contributed by atoms with Crippen LogP contribution in [0.3, 0.4) is 0 Å². The maximum absolute atomic E-state index is 12.8. The summed E-state index contributed by atoms with van der Waals surface area (Å²) in [5, 5.41) is 0.545. The van der Waals surface area contributed by atoms with Crippen LogP contribution in [0.1, 0.15) is 12.5 Å². The summed E-state index contributed by atoms with van der Waals surface area (Å²) >= 11 is 6.04. The highest BCUT2D eigenvalue weighted by atomic mass is 35.5. The minimum atomic E-state index is -3.87. The van der Waals surface area contributed by atoms with Crippen LogP contribution in [-0.2, 0) is 20.4 Å². The van der Waals surface area contributed by atoms with Gasteiger partial charge in [0.15, 0.2) is 0 Å². The topological polar surface area (TPSA) is 73.9 Å². The second-order valence-electron chi connectivity index (χ2n) is 5.79. The molecular formula is C18H22ClNO5S. The monoisotopic (exact) mass is 399 g/mol. The number of methoxy groups -OCH3 is 3. The van der Waals surface area contributed by atoms with Crippen molar-refractivity contribution in [3.63, 3.8) is 0 Å². The Morgan fingerprint density at radius 1 is 1.08 bits per heavy atom. The first kappa shape index (κ1) is 20.5. The minimum absolute atomic E-state index is 0.00649. The molecule has 142 valence electrons. The van der Waals surface area contributed by atoms with Gasteiger partial charge in [-0.05, 0) is 36.8 Å². The van der Waals surface area contributed by atoms with E-state index in [0.717, 1.165) is 5.56 Å². The van der Waals surface area contributed by atoms with Crippen LogP contribution in [0.5, 0.6) is 11.5 Å². The highest BCUT2D eigenvalue weighted by Crippen LogP contribution is 2.30. The quantitative estimate of drug-likeness (QED) is 0.737. The van der Waals surface area contributed by atoms with Crippen molar-refractivity contribution in [2.75, 3.05) is 27.9 Å². The van der Waals surface area contributed by atoms with E-state index in [0.29, 0.717) is 10.8 Å². The van der Waals surface area contributed by atoms with E-state index in [2.05, 4.69) is 4.72 Å². The summed E-state index contributed by atoms with van der Waals surface area (Å²) in [6, 6.07) is 11.7. The van der Waals surface area contributed by atoms with Gasteiger partial charge in [-0.25, -0.2) is 13.1 Å². The Balaban J connectivity index is 2.32. The standard InChI is InChI=1S/C18H22ClNO5S/c1-18(25-4,13-6-5-7-14(19)10-13)12-20-26(21,22)17-11-15(23-2)8-9-16(17)24-3/h5-11,20H,12H2,1-4H3/t18-/m0/s1. The summed E-state index contributed by atoms with van der Waals surface area (Å²) in [6.07, 6.45) is 0. The molecule has 0 bridgehead atoms. The number of benzene rings is 2. The molecule has 0 aromatic heterocycles. The summed E-state index contributed by atoms with van der Waals surface area (Å²) < 4.78 is 44.1. The highest BCUT2D eigenvalue weighted by molar-refractivity contribution is 7.89. The minimum Gasteiger partial charge on any atom is -0.497 e. The number of nitrogens with one attached hydrogen (secondary N) is 1. The molecule has 6 nitrogen and oxygen atoms in total. The molecule has 26 heavy (non-hydrogen) atoms. The normalized spacial score (nSPS) is 13.9. The molecule has 0 heterocycles. The van der Waals surface area contributed by atoms with Crippen molar-refractivity contribution in [2.24, 2.45) is 0 Å². The van der Waals surface area contributed by atoms with Crippen LogP contribution in [0.25, 0.3) is 0 Å². The van der Waals surface area contributed by atoms with Gasteiger partial charge in [-0.2, -0.15) is 0 Å². The van der Waals surface area contributed by atoms with E-state index in [4.69, 9.17) is 25.8 Å². The van der Waals surface area contributed by atoms with E-state index < -0.39 is 15.6 Å². The number of hydrogen-bond donors (Lipinski definition) is 1. The van der Waals surface area contributed by atoms with Gasteiger partial charge in [0.05, 0.1) is 14.2 Å². The van der Waals surface area contributed by atoms with Gasteiger partial charge in [0.1, 0.15) is 22.0 Å². The molecule has 0 amide bonds. The summed E-state index contributed by atoms with van der Waals surface area (Å²) in [7, 11) is 0.524. The van der Waals surface area contributed by atoms with E-state index in [1.165, 1.54) is 27.4 Å². The lowest BCUT2D eigenvalue weighted by molar-refractivity contribution is 0.00698. The van der Waals surface area contributed by atoms with Gasteiger partial charge >= 0.3 is 0 Å². The molecule has 0 aliphatic carbocycles. The van der Waals surface area contributed by atoms with Crippen LogP contribution >= 0.6 is 11.6 Å². The first-order chi connectivity index (χ1) is 12.3. The zero-order chi connectivity index (χ0) is 19.4. The lowest BCUT2D eigenvalue weighted by atomic mass is 9.96. The van der Waals surface area contributed by atoms with Gasteiger partial charge < -0.3 is 14.2 Å². The number of halogens is 1. The summed E-state index contributed by atoms with van der Waals surface area (Å²) in [5.41, 5.74) is -0.142. The molecule has 1 atom stereocenters. The van der Waals surface area contributed by atoms with E-state index in [9.17, 15) is 8.42 Å². The lowest BCUT2D eigenvalue weighted by Gasteiger charge is -2.29. The van der Waals surface area contributed by atoms with Gasteiger partial charge in [-0.1, -0.05) is 23.7 Å². The average Bonchev–Trinajstić information content (AvgIpc) is 2.65.